The zero-order valence-corrected chi connectivity index (χ0v) is 13.0. The van der Waals surface area contributed by atoms with E-state index in [0.29, 0.717) is 19.6 Å². The van der Waals surface area contributed by atoms with Crippen LogP contribution in [0.2, 0.25) is 0 Å². The highest BCUT2D eigenvalue weighted by Crippen LogP contribution is 2.33. The Morgan fingerprint density at radius 1 is 1.39 bits per heavy atom. The minimum Gasteiger partial charge on any atom is -0.481 e. The van der Waals surface area contributed by atoms with Crippen molar-refractivity contribution in [1.29, 1.82) is 0 Å². The van der Waals surface area contributed by atoms with Crippen molar-refractivity contribution in [3.05, 3.63) is 53.6 Å². The van der Waals surface area contributed by atoms with E-state index >= 15 is 0 Å². The van der Waals surface area contributed by atoms with Crippen molar-refractivity contribution in [3.63, 3.8) is 0 Å². The molecule has 122 valence electrons. The average Bonchev–Trinajstić information content (AvgIpc) is 3.14. The molecule has 1 saturated heterocycles. The van der Waals surface area contributed by atoms with Crippen LogP contribution in [0.1, 0.15) is 24.1 Å². The van der Waals surface area contributed by atoms with Gasteiger partial charge in [0.25, 0.3) is 0 Å². The Kier molecular flexibility index (Phi) is 4.43. The van der Waals surface area contributed by atoms with E-state index in [1.54, 1.807) is 12.1 Å². The predicted molar refractivity (Wildman–Crippen MR) is 83.4 cm³/mol. The second-order valence-corrected chi connectivity index (χ2v) is 5.96. The molecule has 1 fully saturated rings. The van der Waals surface area contributed by atoms with Gasteiger partial charge in [0.2, 0.25) is 0 Å². The summed E-state index contributed by atoms with van der Waals surface area (Å²) in [6.07, 6.45) is 1.92. The largest absolute Gasteiger partial charge is 0.481 e. The van der Waals surface area contributed by atoms with E-state index in [9.17, 15) is 14.3 Å². The van der Waals surface area contributed by atoms with Crippen LogP contribution in [-0.2, 0) is 17.9 Å². The normalized spacial score (nSPS) is 21.7. The van der Waals surface area contributed by atoms with Crippen molar-refractivity contribution in [2.45, 2.75) is 25.9 Å². The lowest BCUT2D eigenvalue weighted by Gasteiger charge is -2.15. The third-order valence-corrected chi connectivity index (χ3v) is 4.40. The standard InChI is InChI=1S/C17H20FN3O2/c1-2-21-7-6-14(19-21)9-20-10-15(16(11-20)17(22)23)12-4-3-5-13(18)8-12/h3-8,15-16H,2,9-11H2,1H3,(H,22,23)/t15-,16+/m0/s1. The molecule has 6 heteroatoms. The number of hydrogen-bond donors (Lipinski definition) is 1. The van der Waals surface area contributed by atoms with Gasteiger partial charge in [-0.1, -0.05) is 12.1 Å². The average molecular weight is 317 g/mol. The molecule has 23 heavy (non-hydrogen) atoms. The molecule has 1 aliphatic heterocycles. The maximum absolute atomic E-state index is 13.5. The van der Waals surface area contributed by atoms with Crippen molar-refractivity contribution in [1.82, 2.24) is 14.7 Å². The predicted octanol–water partition coefficient (Wildman–Crippen LogP) is 2.34. The zero-order chi connectivity index (χ0) is 16.4. The quantitative estimate of drug-likeness (QED) is 0.919. The Balaban J connectivity index is 1.76. The van der Waals surface area contributed by atoms with Crippen LogP contribution < -0.4 is 0 Å². The maximum atomic E-state index is 13.5. The summed E-state index contributed by atoms with van der Waals surface area (Å²) in [4.78, 5) is 13.7. The third-order valence-electron chi connectivity index (χ3n) is 4.40. The first-order chi connectivity index (χ1) is 11.1. The van der Waals surface area contributed by atoms with Crippen LogP contribution in [0.5, 0.6) is 0 Å². The first-order valence-electron chi connectivity index (χ1n) is 7.79. The number of likely N-dealkylation sites (tertiary alicyclic amines) is 1. The van der Waals surface area contributed by atoms with E-state index in [-0.39, 0.29) is 11.7 Å². The summed E-state index contributed by atoms with van der Waals surface area (Å²) in [6.45, 7) is 4.49. The van der Waals surface area contributed by atoms with Crippen LogP contribution in [0.25, 0.3) is 0 Å². The van der Waals surface area contributed by atoms with Crippen LogP contribution in [0.3, 0.4) is 0 Å². The van der Waals surface area contributed by atoms with Gasteiger partial charge < -0.3 is 5.11 Å². The van der Waals surface area contributed by atoms with Gasteiger partial charge in [0, 0.05) is 38.3 Å². The Hall–Kier alpha value is -2.21. The molecular formula is C17H20FN3O2. The molecule has 0 unspecified atom stereocenters. The van der Waals surface area contributed by atoms with E-state index in [2.05, 4.69) is 10.00 Å². The summed E-state index contributed by atoms with van der Waals surface area (Å²) in [5.41, 5.74) is 1.68. The molecule has 1 aliphatic rings. The highest BCUT2D eigenvalue weighted by molar-refractivity contribution is 5.72. The Labute approximate surface area is 134 Å². The van der Waals surface area contributed by atoms with E-state index in [1.165, 1.54) is 12.1 Å². The smallest absolute Gasteiger partial charge is 0.308 e. The molecule has 2 heterocycles. The summed E-state index contributed by atoms with van der Waals surface area (Å²) in [7, 11) is 0. The molecule has 0 saturated carbocycles. The fourth-order valence-electron chi connectivity index (χ4n) is 3.23. The fraction of sp³-hybridized carbons (Fsp3) is 0.412. The molecule has 1 aromatic carbocycles. The molecule has 1 aromatic heterocycles. The van der Waals surface area contributed by atoms with Crippen LogP contribution in [0.15, 0.2) is 36.5 Å². The van der Waals surface area contributed by atoms with Gasteiger partial charge in [0.1, 0.15) is 5.82 Å². The number of aromatic nitrogens is 2. The molecule has 3 rings (SSSR count). The van der Waals surface area contributed by atoms with Gasteiger partial charge in [0.05, 0.1) is 11.6 Å². The van der Waals surface area contributed by atoms with Crippen molar-refractivity contribution in [3.8, 4) is 0 Å². The summed E-state index contributed by atoms with van der Waals surface area (Å²) < 4.78 is 15.3. The first kappa shape index (κ1) is 15.7. The lowest BCUT2D eigenvalue weighted by atomic mass is 9.89. The fourth-order valence-corrected chi connectivity index (χ4v) is 3.23. The maximum Gasteiger partial charge on any atom is 0.308 e. The van der Waals surface area contributed by atoms with Crippen LogP contribution in [0.4, 0.5) is 4.39 Å². The second kappa shape index (κ2) is 6.50. The first-order valence-corrected chi connectivity index (χ1v) is 7.79. The molecule has 0 spiro atoms. The molecule has 2 aromatic rings. The van der Waals surface area contributed by atoms with Crippen LogP contribution >= 0.6 is 0 Å². The second-order valence-electron chi connectivity index (χ2n) is 5.96. The van der Waals surface area contributed by atoms with E-state index in [4.69, 9.17) is 0 Å². The molecular weight excluding hydrogens is 297 g/mol. The Morgan fingerprint density at radius 2 is 2.22 bits per heavy atom. The number of carboxylic acid groups (broad SMARTS) is 1. The van der Waals surface area contributed by atoms with Gasteiger partial charge >= 0.3 is 5.97 Å². The Bertz CT molecular complexity index is 701. The lowest BCUT2D eigenvalue weighted by Crippen LogP contribution is -2.23. The van der Waals surface area contributed by atoms with Crippen molar-refractivity contribution < 1.29 is 14.3 Å². The highest BCUT2D eigenvalue weighted by Gasteiger charge is 2.38. The van der Waals surface area contributed by atoms with E-state index in [1.807, 2.05) is 23.9 Å². The van der Waals surface area contributed by atoms with Gasteiger partial charge in [-0.2, -0.15) is 5.10 Å². The summed E-state index contributed by atoms with van der Waals surface area (Å²) in [5.74, 6) is -1.88. The van der Waals surface area contributed by atoms with Crippen molar-refractivity contribution >= 4 is 5.97 Å². The molecule has 5 nitrogen and oxygen atoms in total. The molecule has 1 N–H and O–H groups in total. The van der Waals surface area contributed by atoms with E-state index < -0.39 is 11.9 Å². The molecule has 0 amide bonds. The number of halogens is 1. The number of aliphatic carboxylic acids is 1. The molecule has 0 aliphatic carbocycles. The SMILES string of the molecule is CCn1ccc(CN2C[C@@H](C(=O)O)[C@H](c3cccc(F)c3)C2)n1. The minimum absolute atomic E-state index is 0.198. The van der Waals surface area contributed by atoms with Gasteiger partial charge in [0.15, 0.2) is 0 Å². The van der Waals surface area contributed by atoms with Crippen molar-refractivity contribution in [2.75, 3.05) is 13.1 Å². The number of carbonyl (C=O) groups is 1. The highest BCUT2D eigenvalue weighted by atomic mass is 19.1. The van der Waals surface area contributed by atoms with Gasteiger partial charge in [-0.25, -0.2) is 4.39 Å². The number of rotatable bonds is 5. The van der Waals surface area contributed by atoms with Gasteiger partial charge in [-0.15, -0.1) is 0 Å². The number of hydrogen-bond acceptors (Lipinski definition) is 3. The molecule has 2 atom stereocenters. The zero-order valence-electron chi connectivity index (χ0n) is 13.0. The number of aryl methyl sites for hydroxylation is 1. The summed E-state index contributed by atoms with van der Waals surface area (Å²) >= 11 is 0. The molecule has 0 bridgehead atoms. The number of carboxylic acids is 1. The number of benzene rings is 1. The third kappa shape index (κ3) is 3.42. The van der Waals surface area contributed by atoms with Crippen LogP contribution in [0, 0.1) is 11.7 Å². The van der Waals surface area contributed by atoms with Crippen LogP contribution in [-0.4, -0.2) is 38.8 Å². The monoisotopic (exact) mass is 317 g/mol. The summed E-state index contributed by atoms with van der Waals surface area (Å²) in [5, 5.41) is 13.9. The lowest BCUT2D eigenvalue weighted by molar-refractivity contribution is -0.141. The Morgan fingerprint density at radius 3 is 2.87 bits per heavy atom. The topological polar surface area (TPSA) is 58.4 Å². The molecule has 0 radical (unpaired) electrons. The van der Waals surface area contributed by atoms with Gasteiger partial charge in [-0.3, -0.25) is 14.4 Å². The van der Waals surface area contributed by atoms with Gasteiger partial charge in [-0.05, 0) is 30.7 Å². The summed E-state index contributed by atoms with van der Waals surface area (Å²) in [6, 6.07) is 8.21. The number of nitrogens with zero attached hydrogens (tertiary/aromatic N) is 3. The van der Waals surface area contributed by atoms with Crippen molar-refractivity contribution in [2.24, 2.45) is 5.92 Å². The van der Waals surface area contributed by atoms with E-state index in [0.717, 1.165) is 17.8 Å². The minimum atomic E-state index is -0.833.